The lowest BCUT2D eigenvalue weighted by Crippen LogP contribution is -2.45. The highest BCUT2D eigenvalue weighted by atomic mass is 16.5. The first-order valence-corrected chi connectivity index (χ1v) is 39.6. The van der Waals surface area contributed by atoms with Crippen molar-refractivity contribution in [3.05, 3.63) is 24.3 Å². The van der Waals surface area contributed by atoms with Crippen LogP contribution in [0.2, 0.25) is 0 Å². The monoisotopic (exact) mass is 1210 g/mol. The average molecular weight is 1210 g/mol. The standard InChI is InChI=1S/C80H155NO5/c1-3-5-7-9-11-13-15-17-19-20-21-22-32-35-38-41-45-48-52-56-60-64-68-72-78(83)77(76-82)81-79(84)73-69-65-61-57-53-49-46-42-39-36-33-30-28-26-24-23-25-27-29-31-34-37-40-43-47-51-55-59-63-67-71-75-86-80(85)74-70-66-62-58-54-50-44-18-16-14-12-10-8-6-4-2/h18,25,27,44,77-78,82-83H,3-17,19-24,26,28-43,45-76H2,1-2H3,(H,81,84)/b27-25-,44-18-. The van der Waals surface area contributed by atoms with Gasteiger partial charge >= 0.3 is 5.97 Å². The van der Waals surface area contributed by atoms with E-state index in [0.717, 1.165) is 44.9 Å². The molecular weight excluding hydrogens is 1050 g/mol. The third-order valence-electron chi connectivity index (χ3n) is 18.7. The van der Waals surface area contributed by atoms with E-state index in [0.29, 0.717) is 25.9 Å². The largest absolute Gasteiger partial charge is 0.466 e. The van der Waals surface area contributed by atoms with Gasteiger partial charge in [-0.05, 0) is 77.0 Å². The average Bonchev–Trinajstić information content (AvgIpc) is 3.54. The number of rotatable bonds is 75. The Labute approximate surface area is 539 Å². The van der Waals surface area contributed by atoms with Crippen LogP contribution in [-0.4, -0.2) is 47.4 Å². The molecule has 0 aliphatic heterocycles. The molecule has 510 valence electrons. The van der Waals surface area contributed by atoms with Crippen molar-refractivity contribution in [3.8, 4) is 0 Å². The first-order chi connectivity index (χ1) is 42.5. The van der Waals surface area contributed by atoms with Crippen LogP contribution in [0.3, 0.4) is 0 Å². The zero-order chi connectivity index (χ0) is 62.0. The van der Waals surface area contributed by atoms with Gasteiger partial charge in [0, 0.05) is 12.8 Å². The van der Waals surface area contributed by atoms with Crippen molar-refractivity contribution in [1.82, 2.24) is 5.32 Å². The predicted octanol–water partition coefficient (Wildman–Crippen LogP) is 26.0. The molecule has 0 saturated heterocycles. The zero-order valence-corrected chi connectivity index (χ0v) is 58.6. The summed E-state index contributed by atoms with van der Waals surface area (Å²) < 4.78 is 5.50. The molecule has 2 unspecified atom stereocenters. The molecule has 0 heterocycles. The highest BCUT2D eigenvalue weighted by molar-refractivity contribution is 5.76. The molecule has 0 spiro atoms. The van der Waals surface area contributed by atoms with Gasteiger partial charge < -0.3 is 20.3 Å². The van der Waals surface area contributed by atoms with Crippen molar-refractivity contribution in [2.45, 2.75) is 463 Å². The number of carbonyl (C=O) groups excluding carboxylic acids is 2. The van der Waals surface area contributed by atoms with Gasteiger partial charge in [-0.25, -0.2) is 0 Å². The molecular formula is C80H155NO5. The number of hydrogen-bond acceptors (Lipinski definition) is 5. The molecule has 0 fully saturated rings. The number of nitrogens with one attached hydrogen (secondary N) is 1. The fraction of sp³-hybridized carbons (Fsp3) is 0.925. The number of unbranched alkanes of at least 4 members (excludes halogenated alkanes) is 60. The molecule has 6 nitrogen and oxygen atoms in total. The van der Waals surface area contributed by atoms with Gasteiger partial charge in [0.15, 0.2) is 0 Å². The Kier molecular flexibility index (Phi) is 74.3. The van der Waals surface area contributed by atoms with Gasteiger partial charge in [-0.1, -0.05) is 385 Å². The Morgan fingerprint density at radius 3 is 0.826 bits per heavy atom. The summed E-state index contributed by atoms with van der Waals surface area (Å²) in [6, 6.07) is -0.541. The maximum Gasteiger partial charge on any atom is 0.305 e. The van der Waals surface area contributed by atoms with E-state index in [1.54, 1.807) is 0 Å². The lowest BCUT2D eigenvalue weighted by Gasteiger charge is -2.22. The predicted molar refractivity (Wildman–Crippen MR) is 380 cm³/mol. The van der Waals surface area contributed by atoms with Crippen LogP contribution in [0.4, 0.5) is 0 Å². The van der Waals surface area contributed by atoms with E-state index in [9.17, 15) is 19.8 Å². The third kappa shape index (κ3) is 71.4. The summed E-state index contributed by atoms with van der Waals surface area (Å²) in [5, 5.41) is 23.5. The van der Waals surface area contributed by atoms with Crippen LogP contribution < -0.4 is 5.32 Å². The van der Waals surface area contributed by atoms with Crippen LogP contribution in [0, 0.1) is 0 Å². The lowest BCUT2D eigenvalue weighted by molar-refractivity contribution is -0.143. The van der Waals surface area contributed by atoms with Crippen molar-refractivity contribution < 1.29 is 24.5 Å². The number of ether oxygens (including phenoxy) is 1. The molecule has 1 amide bonds. The molecule has 0 aromatic carbocycles. The Bertz CT molecular complexity index is 1350. The fourth-order valence-corrected chi connectivity index (χ4v) is 12.7. The van der Waals surface area contributed by atoms with E-state index in [1.807, 2.05) is 0 Å². The Morgan fingerprint density at radius 1 is 0.314 bits per heavy atom. The number of amides is 1. The normalized spacial score (nSPS) is 12.6. The minimum atomic E-state index is -0.664. The van der Waals surface area contributed by atoms with Crippen molar-refractivity contribution >= 4 is 11.9 Å². The molecule has 0 aromatic heterocycles. The van der Waals surface area contributed by atoms with E-state index >= 15 is 0 Å². The van der Waals surface area contributed by atoms with Gasteiger partial charge in [-0.3, -0.25) is 9.59 Å². The van der Waals surface area contributed by atoms with Gasteiger partial charge in [-0.2, -0.15) is 0 Å². The van der Waals surface area contributed by atoms with Crippen LogP contribution in [0.1, 0.15) is 450 Å². The second-order valence-corrected chi connectivity index (χ2v) is 27.4. The van der Waals surface area contributed by atoms with Gasteiger partial charge in [0.1, 0.15) is 0 Å². The van der Waals surface area contributed by atoms with E-state index in [2.05, 4.69) is 43.5 Å². The van der Waals surface area contributed by atoms with Crippen LogP contribution in [0.15, 0.2) is 24.3 Å². The lowest BCUT2D eigenvalue weighted by atomic mass is 10.0. The van der Waals surface area contributed by atoms with Crippen LogP contribution >= 0.6 is 0 Å². The van der Waals surface area contributed by atoms with Gasteiger partial charge in [-0.15, -0.1) is 0 Å². The fourth-order valence-electron chi connectivity index (χ4n) is 12.7. The van der Waals surface area contributed by atoms with E-state index < -0.39 is 12.1 Å². The van der Waals surface area contributed by atoms with Gasteiger partial charge in [0.25, 0.3) is 0 Å². The van der Waals surface area contributed by atoms with Gasteiger partial charge in [0.05, 0.1) is 25.4 Å². The second kappa shape index (κ2) is 75.8. The maximum absolute atomic E-state index is 12.6. The Balaban J connectivity index is 3.36. The molecule has 2 atom stereocenters. The summed E-state index contributed by atoms with van der Waals surface area (Å²) in [5.74, 6) is -0.0166. The number of hydrogen-bond donors (Lipinski definition) is 3. The van der Waals surface area contributed by atoms with Crippen LogP contribution in [0.5, 0.6) is 0 Å². The highest BCUT2D eigenvalue weighted by Crippen LogP contribution is 2.20. The molecule has 0 aromatic rings. The van der Waals surface area contributed by atoms with Crippen LogP contribution in [-0.2, 0) is 14.3 Å². The van der Waals surface area contributed by atoms with Crippen LogP contribution in [0.25, 0.3) is 0 Å². The molecule has 0 bridgehead atoms. The minimum Gasteiger partial charge on any atom is -0.466 e. The SMILES string of the molecule is CCCCCCCC/C=C\CCCCCCCC(=O)OCCCCCCCCCCCCCC/C=C\CCCCCCCCCCCCCCCCCC(=O)NC(CO)C(O)CCCCCCCCCCCCCCCCCCCCCCCCC. The van der Waals surface area contributed by atoms with Gasteiger partial charge in [0.2, 0.25) is 5.91 Å². The van der Waals surface area contributed by atoms with Crippen molar-refractivity contribution in [2.75, 3.05) is 13.2 Å². The van der Waals surface area contributed by atoms with E-state index in [4.69, 9.17) is 4.74 Å². The molecule has 86 heavy (non-hydrogen) atoms. The first-order valence-electron chi connectivity index (χ1n) is 39.6. The summed E-state index contributed by atoms with van der Waals surface area (Å²) >= 11 is 0. The highest BCUT2D eigenvalue weighted by Gasteiger charge is 2.20. The van der Waals surface area contributed by atoms with Crippen molar-refractivity contribution in [1.29, 1.82) is 0 Å². The number of allylic oxidation sites excluding steroid dienone is 4. The zero-order valence-electron chi connectivity index (χ0n) is 58.6. The van der Waals surface area contributed by atoms with Crippen molar-refractivity contribution in [2.24, 2.45) is 0 Å². The summed E-state index contributed by atoms with van der Waals surface area (Å²) in [6.07, 6.45) is 96.9. The number of carbonyl (C=O) groups is 2. The minimum absolute atomic E-state index is 0.0108. The second-order valence-electron chi connectivity index (χ2n) is 27.4. The quantitative estimate of drug-likeness (QED) is 0.0320. The summed E-state index contributed by atoms with van der Waals surface area (Å²) in [5.41, 5.74) is 0. The molecule has 0 aliphatic carbocycles. The summed E-state index contributed by atoms with van der Waals surface area (Å²) in [7, 11) is 0. The Hall–Kier alpha value is -1.66. The Morgan fingerprint density at radius 2 is 0.547 bits per heavy atom. The third-order valence-corrected chi connectivity index (χ3v) is 18.7. The van der Waals surface area contributed by atoms with Crippen molar-refractivity contribution in [3.63, 3.8) is 0 Å². The number of aliphatic hydroxyl groups excluding tert-OH is 2. The summed E-state index contributed by atoms with van der Waals surface area (Å²) in [4.78, 5) is 24.7. The molecule has 0 aliphatic rings. The topological polar surface area (TPSA) is 95.9 Å². The molecule has 3 N–H and O–H groups in total. The maximum atomic E-state index is 12.6. The molecule has 0 rings (SSSR count). The van der Waals surface area contributed by atoms with E-state index in [-0.39, 0.29) is 18.5 Å². The number of esters is 1. The molecule has 6 heteroatoms. The molecule has 0 saturated carbocycles. The first kappa shape index (κ1) is 84.3. The number of aliphatic hydroxyl groups is 2. The summed E-state index contributed by atoms with van der Waals surface area (Å²) in [6.45, 7) is 5.00. The molecule has 0 radical (unpaired) electrons. The smallest absolute Gasteiger partial charge is 0.305 e. The van der Waals surface area contributed by atoms with E-state index in [1.165, 1.54) is 372 Å².